The fourth-order valence-corrected chi connectivity index (χ4v) is 1.46. The van der Waals surface area contributed by atoms with Gasteiger partial charge in [0, 0.05) is 6.54 Å². The zero-order valence-corrected chi connectivity index (χ0v) is 11.3. The summed E-state index contributed by atoms with van der Waals surface area (Å²) in [6.07, 6.45) is 0.230. The molecule has 0 heterocycles. The van der Waals surface area contributed by atoms with Crippen LogP contribution >= 0.6 is 0 Å². The summed E-state index contributed by atoms with van der Waals surface area (Å²) in [5.74, 6) is 0.577. The molecule has 0 fully saturated rings. The number of hydrogen-bond donors (Lipinski definition) is 3. The molecule has 1 aromatic rings. The monoisotopic (exact) mass is 267 g/mol. The summed E-state index contributed by atoms with van der Waals surface area (Å²) in [4.78, 5) is 11.7. The van der Waals surface area contributed by atoms with E-state index >= 15 is 0 Å². The Labute approximate surface area is 113 Å². The highest BCUT2D eigenvalue weighted by atomic mass is 16.5. The predicted molar refractivity (Wildman–Crippen MR) is 72.0 cm³/mol. The van der Waals surface area contributed by atoms with E-state index in [-0.39, 0.29) is 18.9 Å². The van der Waals surface area contributed by atoms with E-state index in [4.69, 9.17) is 9.84 Å². The van der Waals surface area contributed by atoms with Crippen molar-refractivity contribution in [1.29, 1.82) is 0 Å². The number of carbonyl (C=O) groups excluding carboxylic acids is 1. The normalized spacial score (nSPS) is 13.7. The van der Waals surface area contributed by atoms with Crippen LogP contribution in [0, 0.1) is 0 Å². The Morgan fingerprint density at radius 1 is 1.37 bits per heavy atom. The molecule has 0 saturated heterocycles. The van der Waals surface area contributed by atoms with Crippen molar-refractivity contribution in [3.8, 4) is 5.75 Å². The number of amides is 1. The first-order chi connectivity index (χ1) is 8.96. The molecule has 0 spiro atoms. The number of carbonyl (C=O) groups is 1. The van der Waals surface area contributed by atoms with Gasteiger partial charge < -0.3 is 20.3 Å². The second-order valence-corrected chi connectivity index (χ2v) is 4.69. The number of aliphatic hydroxyl groups is 2. The number of benzene rings is 1. The summed E-state index contributed by atoms with van der Waals surface area (Å²) in [5.41, 5.74) is -0.418. The lowest BCUT2D eigenvalue weighted by molar-refractivity contribution is -0.121. The summed E-state index contributed by atoms with van der Waals surface area (Å²) in [5, 5.41) is 21.0. The maximum absolute atomic E-state index is 11.7. The standard InChI is InChI=1S/C14H21NO4/c1-3-19-12-6-4-11(5-7-12)8-13(17)15-9-14(2,18)10-16/h4-7,16,18H,3,8-10H2,1-2H3,(H,15,17). The lowest BCUT2D eigenvalue weighted by atomic mass is 10.1. The van der Waals surface area contributed by atoms with Crippen molar-refractivity contribution >= 4 is 5.91 Å². The van der Waals surface area contributed by atoms with Crippen molar-refractivity contribution in [1.82, 2.24) is 5.32 Å². The van der Waals surface area contributed by atoms with E-state index < -0.39 is 12.2 Å². The van der Waals surface area contributed by atoms with E-state index in [0.29, 0.717) is 6.61 Å². The van der Waals surface area contributed by atoms with E-state index in [1.54, 1.807) is 0 Å². The lowest BCUT2D eigenvalue weighted by Gasteiger charge is -2.20. The van der Waals surface area contributed by atoms with Gasteiger partial charge in [-0.15, -0.1) is 0 Å². The first-order valence-corrected chi connectivity index (χ1v) is 6.28. The summed E-state index contributed by atoms with van der Waals surface area (Å²) < 4.78 is 5.31. The number of hydrogen-bond acceptors (Lipinski definition) is 4. The smallest absolute Gasteiger partial charge is 0.224 e. The number of rotatable bonds is 7. The Kier molecular flexibility index (Phi) is 5.79. The Morgan fingerprint density at radius 3 is 2.53 bits per heavy atom. The minimum Gasteiger partial charge on any atom is -0.494 e. The SMILES string of the molecule is CCOc1ccc(CC(=O)NCC(C)(O)CO)cc1. The third kappa shape index (κ3) is 5.72. The van der Waals surface area contributed by atoms with Crippen LogP contribution in [0.15, 0.2) is 24.3 Å². The molecule has 1 unspecified atom stereocenters. The number of aliphatic hydroxyl groups excluding tert-OH is 1. The van der Waals surface area contributed by atoms with Crippen LogP contribution in [0.5, 0.6) is 5.75 Å². The van der Waals surface area contributed by atoms with Crippen LogP contribution < -0.4 is 10.1 Å². The molecule has 0 bridgehead atoms. The fraction of sp³-hybridized carbons (Fsp3) is 0.500. The zero-order chi connectivity index (χ0) is 14.3. The Bertz CT molecular complexity index is 400. The van der Waals surface area contributed by atoms with Gasteiger partial charge >= 0.3 is 0 Å². The summed E-state index contributed by atoms with van der Waals surface area (Å²) >= 11 is 0. The summed E-state index contributed by atoms with van der Waals surface area (Å²) in [7, 11) is 0. The topological polar surface area (TPSA) is 78.8 Å². The van der Waals surface area contributed by atoms with Crippen LogP contribution in [0.25, 0.3) is 0 Å². The molecule has 1 atom stereocenters. The van der Waals surface area contributed by atoms with Crippen LogP contribution in [0.4, 0.5) is 0 Å². The molecule has 1 aromatic carbocycles. The molecule has 5 heteroatoms. The highest BCUT2D eigenvalue weighted by Crippen LogP contribution is 2.12. The Balaban J connectivity index is 2.44. The molecule has 106 valence electrons. The maximum Gasteiger partial charge on any atom is 0.224 e. The highest BCUT2D eigenvalue weighted by molar-refractivity contribution is 5.78. The van der Waals surface area contributed by atoms with E-state index in [1.807, 2.05) is 31.2 Å². The van der Waals surface area contributed by atoms with E-state index in [0.717, 1.165) is 11.3 Å². The molecular formula is C14H21NO4. The highest BCUT2D eigenvalue weighted by Gasteiger charge is 2.19. The first kappa shape index (κ1) is 15.5. The summed E-state index contributed by atoms with van der Waals surface area (Å²) in [6.45, 7) is 3.62. The second kappa shape index (κ2) is 7.11. The molecule has 1 rings (SSSR count). The predicted octanol–water partition coefficient (Wildman–Crippen LogP) is 0.487. The molecular weight excluding hydrogens is 246 g/mol. The molecule has 19 heavy (non-hydrogen) atoms. The second-order valence-electron chi connectivity index (χ2n) is 4.69. The van der Waals surface area contributed by atoms with Crippen molar-refractivity contribution in [2.45, 2.75) is 25.9 Å². The van der Waals surface area contributed by atoms with Gasteiger partial charge in [-0.2, -0.15) is 0 Å². The van der Waals surface area contributed by atoms with Gasteiger partial charge in [0.15, 0.2) is 0 Å². The van der Waals surface area contributed by atoms with Crippen molar-refractivity contribution in [2.24, 2.45) is 0 Å². The van der Waals surface area contributed by atoms with Crippen molar-refractivity contribution in [3.05, 3.63) is 29.8 Å². The van der Waals surface area contributed by atoms with Crippen LogP contribution in [0.3, 0.4) is 0 Å². The molecule has 5 nitrogen and oxygen atoms in total. The van der Waals surface area contributed by atoms with Crippen molar-refractivity contribution in [2.75, 3.05) is 19.8 Å². The Morgan fingerprint density at radius 2 is 2.00 bits per heavy atom. The zero-order valence-electron chi connectivity index (χ0n) is 11.3. The molecule has 0 aromatic heterocycles. The van der Waals surface area contributed by atoms with Gasteiger partial charge in [0.1, 0.15) is 11.4 Å². The van der Waals surface area contributed by atoms with Gasteiger partial charge in [-0.1, -0.05) is 12.1 Å². The van der Waals surface area contributed by atoms with Crippen molar-refractivity contribution < 1.29 is 19.7 Å². The fourth-order valence-electron chi connectivity index (χ4n) is 1.46. The minimum atomic E-state index is -1.28. The number of nitrogens with one attached hydrogen (secondary N) is 1. The molecule has 3 N–H and O–H groups in total. The first-order valence-electron chi connectivity index (χ1n) is 6.28. The summed E-state index contributed by atoms with van der Waals surface area (Å²) in [6, 6.07) is 7.29. The molecule has 0 aliphatic carbocycles. The van der Waals surface area contributed by atoms with E-state index in [2.05, 4.69) is 5.32 Å². The van der Waals surface area contributed by atoms with E-state index in [9.17, 15) is 9.90 Å². The Hall–Kier alpha value is -1.59. The van der Waals surface area contributed by atoms with E-state index in [1.165, 1.54) is 6.92 Å². The molecule has 1 amide bonds. The van der Waals surface area contributed by atoms with Gasteiger partial charge in [0.2, 0.25) is 5.91 Å². The van der Waals surface area contributed by atoms with Gasteiger partial charge in [0.05, 0.1) is 19.6 Å². The quantitative estimate of drug-likeness (QED) is 0.671. The van der Waals surface area contributed by atoms with Gasteiger partial charge in [-0.3, -0.25) is 4.79 Å². The maximum atomic E-state index is 11.7. The van der Waals surface area contributed by atoms with Gasteiger partial charge in [-0.25, -0.2) is 0 Å². The van der Waals surface area contributed by atoms with Gasteiger partial charge in [-0.05, 0) is 31.5 Å². The van der Waals surface area contributed by atoms with Crippen LogP contribution in [0.2, 0.25) is 0 Å². The largest absolute Gasteiger partial charge is 0.494 e. The molecule has 0 aliphatic heterocycles. The van der Waals surface area contributed by atoms with Crippen LogP contribution in [0.1, 0.15) is 19.4 Å². The lowest BCUT2D eigenvalue weighted by Crippen LogP contribution is -2.43. The average Bonchev–Trinajstić information content (AvgIpc) is 2.39. The molecule has 0 radical (unpaired) electrons. The van der Waals surface area contributed by atoms with Gasteiger partial charge in [0.25, 0.3) is 0 Å². The van der Waals surface area contributed by atoms with Crippen LogP contribution in [-0.4, -0.2) is 41.5 Å². The molecule has 0 saturated carbocycles. The minimum absolute atomic E-state index is 0.0271. The molecule has 0 aliphatic rings. The average molecular weight is 267 g/mol. The van der Waals surface area contributed by atoms with Crippen LogP contribution in [-0.2, 0) is 11.2 Å². The van der Waals surface area contributed by atoms with Crippen molar-refractivity contribution in [3.63, 3.8) is 0 Å². The third-order valence-electron chi connectivity index (χ3n) is 2.61. The number of ether oxygens (including phenoxy) is 1. The third-order valence-corrected chi connectivity index (χ3v) is 2.61.